The van der Waals surface area contributed by atoms with Gasteiger partial charge in [-0.3, -0.25) is 0 Å². The summed E-state index contributed by atoms with van der Waals surface area (Å²) >= 11 is 0. The topological polar surface area (TPSA) is 80.0 Å². The molecule has 3 rings (SSSR count). The lowest BCUT2D eigenvalue weighted by molar-refractivity contribution is 0.880. The Morgan fingerprint density at radius 1 is 1.14 bits per heavy atom. The van der Waals surface area contributed by atoms with Crippen LogP contribution in [0.2, 0.25) is 0 Å². The molecule has 2 heterocycles. The third-order valence-electron chi connectivity index (χ3n) is 3.73. The van der Waals surface area contributed by atoms with Gasteiger partial charge in [-0.15, -0.1) is 0 Å². The van der Waals surface area contributed by atoms with Crippen LogP contribution in [0.15, 0.2) is 24.3 Å². The maximum absolute atomic E-state index is 5.80. The number of nitrogen functional groups attached to an aromatic ring is 1. The summed E-state index contributed by atoms with van der Waals surface area (Å²) in [6, 6.07) is 8.25. The fourth-order valence-corrected chi connectivity index (χ4v) is 2.50. The van der Waals surface area contributed by atoms with Gasteiger partial charge >= 0.3 is 0 Å². The lowest BCUT2D eigenvalue weighted by atomic mass is 10.1. The molecule has 0 saturated carbocycles. The van der Waals surface area contributed by atoms with E-state index < -0.39 is 0 Å². The van der Waals surface area contributed by atoms with E-state index in [1.165, 1.54) is 24.0 Å². The van der Waals surface area contributed by atoms with Crippen molar-refractivity contribution in [3.05, 3.63) is 35.4 Å². The summed E-state index contributed by atoms with van der Waals surface area (Å²) < 4.78 is 0. The standard InChI is InChI=1S/C15H20N6/c1-11-6-2-3-7-12(11)10-17-14-18-13(16)19-15(20-14)21-8-4-5-9-21/h2-3,6-7H,4-5,8-10H2,1H3,(H3,16,17,18,19,20). The molecule has 3 N–H and O–H groups in total. The molecule has 0 atom stereocenters. The van der Waals surface area contributed by atoms with E-state index in [2.05, 4.69) is 44.2 Å². The molecular formula is C15H20N6. The summed E-state index contributed by atoms with van der Waals surface area (Å²) in [6.45, 7) is 4.74. The molecule has 21 heavy (non-hydrogen) atoms. The first kappa shape index (κ1) is 13.6. The molecule has 110 valence electrons. The van der Waals surface area contributed by atoms with Crippen molar-refractivity contribution < 1.29 is 0 Å². The zero-order valence-corrected chi connectivity index (χ0v) is 12.2. The second-order valence-corrected chi connectivity index (χ2v) is 5.29. The van der Waals surface area contributed by atoms with Gasteiger partial charge in [0, 0.05) is 19.6 Å². The average molecular weight is 284 g/mol. The van der Waals surface area contributed by atoms with E-state index in [0.717, 1.165) is 13.1 Å². The van der Waals surface area contributed by atoms with E-state index in [9.17, 15) is 0 Å². The summed E-state index contributed by atoms with van der Waals surface area (Å²) in [5.74, 6) is 1.47. The molecule has 2 aromatic rings. The minimum atomic E-state index is 0.263. The predicted molar refractivity (Wildman–Crippen MR) is 84.2 cm³/mol. The molecule has 1 aromatic carbocycles. The Balaban J connectivity index is 1.74. The molecule has 0 spiro atoms. The van der Waals surface area contributed by atoms with Crippen molar-refractivity contribution in [3.63, 3.8) is 0 Å². The van der Waals surface area contributed by atoms with Crippen LogP contribution in [-0.2, 0) is 6.54 Å². The molecule has 0 aliphatic carbocycles. The Kier molecular flexibility index (Phi) is 3.85. The van der Waals surface area contributed by atoms with Gasteiger partial charge in [0.15, 0.2) is 0 Å². The number of benzene rings is 1. The number of rotatable bonds is 4. The van der Waals surface area contributed by atoms with Gasteiger partial charge in [0.1, 0.15) is 0 Å². The molecule has 0 amide bonds. The lowest BCUT2D eigenvalue weighted by Crippen LogP contribution is -2.22. The second kappa shape index (κ2) is 5.95. The molecule has 1 saturated heterocycles. The normalized spacial score (nSPS) is 14.4. The maximum atomic E-state index is 5.80. The van der Waals surface area contributed by atoms with Gasteiger partial charge in [0.2, 0.25) is 17.8 Å². The second-order valence-electron chi connectivity index (χ2n) is 5.29. The Labute approximate surface area is 124 Å². The van der Waals surface area contributed by atoms with Crippen LogP contribution in [0.4, 0.5) is 17.8 Å². The summed E-state index contributed by atoms with van der Waals surface area (Å²) in [4.78, 5) is 15.0. The third kappa shape index (κ3) is 3.21. The van der Waals surface area contributed by atoms with Gasteiger partial charge < -0.3 is 16.0 Å². The Morgan fingerprint density at radius 3 is 2.67 bits per heavy atom. The number of hydrogen-bond donors (Lipinski definition) is 2. The third-order valence-corrected chi connectivity index (χ3v) is 3.73. The first-order valence-electron chi connectivity index (χ1n) is 7.27. The van der Waals surface area contributed by atoms with Crippen molar-refractivity contribution in [1.82, 2.24) is 15.0 Å². The van der Waals surface area contributed by atoms with Crippen LogP contribution in [0, 0.1) is 6.92 Å². The van der Waals surface area contributed by atoms with Crippen molar-refractivity contribution in [1.29, 1.82) is 0 Å². The lowest BCUT2D eigenvalue weighted by Gasteiger charge is -2.16. The van der Waals surface area contributed by atoms with Crippen LogP contribution in [-0.4, -0.2) is 28.0 Å². The highest BCUT2D eigenvalue weighted by Gasteiger charge is 2.16. The van der Waals surface area contributed by atoms with Crippen molar-refractivity contribution in [2.75, 3.05) is 29.0 Å². The van der Waals surface area contributed by atoms with E-state index in [0.29, 0.717) is 18.4 Å². The minimum Gasteiger partial charge on any atom is -0.368 e. The molecule has 1 aromatic heterocycles. The largest absolute Gasteiger partial charge is 0.368 e. The number of aromatic nitrogens is 3. The highest BCUT2D eigenvalue weighted by Crippen LogP contribution is 2.18. The monoisotopic (exact) mass is 284 g/mol. The molecular weight excluding hydrogens is 264 g/mol. The molecule has 0 bridgehead atoms. The van der Waals surface area contributed by atoms with Crippen LogP contribution in [0.1, 0.15) is 24.0 Å². The summed E-state index contributed by atoms with van der Waals surface area (Å²) in [5, 5.41) is 3.24. The first-order chi connectivity index (χ1) is 10.2. The van der Waals surface area contributed by atoms with Gasteiger partial charge in [0.25, 0.3) is 0 Å². The predicted octanol–water partition coefficient (Wildman–Crippen LogP) is 1.97. The van der Waals surface area contributed by atoms with Crippen LogP contribution in [0.3, 0.4) is 0 Å². The molecule has 0 radical (unpaired) electrons. The number of hydrogen-bond acceptors (Lipinski definition) is 6. The summed E-state index contributed by atoms with van der Waals surface area (Å²) in [5.41, 5.74) is 8.26. The van der Waals surface area contributed by atoms with E-state index in [1.807, 2.05) is 12.1 Å². The highest BCUT2D eigenvalue weighted by molar-refractivity contribution is 5.43. The zero-order valence-electron chi connectivity index (χ0n) is 12.2. The summed E-state index contributed by atoms with van der Waals surface area (Å²) in [7, 11) is 0. The van der Waals surface area contributed by atoms with Crippen molar-refractivity contribution >= 4 is 17.8 Å². The van der Waals surface area contributed by atoms with Crippen molar-refractivity contribution in [3.8, 4) is 0 Å². The minimum absolute atomic E-state index is 0.263. The molecule has 1 aliphatic rings. The summed E-state index contributed by atoms with van der Waals surface area (Å²) in [6.07, 6.45) is 2.36. The molecule has 0 unspecified atom stereocenters. The van der Waals surface area contributed by atoms with Crippen LogP contribution in [0.25, 0.3) is 0 Å². The molecule has 1 fully saturated rings. The van der Waals surface area contributed by atoms with Crippen LogP contribution in [0.5, 0.6) is 0 Å². The van der Waals surface area contributed by atoms with Gasteiger partial charge in [-0.25, -0.2) is 0 Å². The van der Waals surface area contributed by atoms with Crippen molar-refractivity contribution in [2.45, 2.75) is 26.3 Å². The zero-order chi connectivity index (χ0) is 14.7. The Hall–Kier alpha value is -2.37. The molecule has 1 aliphatic heterocycles. The van der Waals surface area contributed by atoms with E-state index in [-0.39, 0.29) is 5.95 Å². The smallest absolute Gasteiger partial charge is 0.231 e. The number of nitrogens with two attached hydrogens (primary N) is 1. The van der Waals surface area contributed by atoms with Gasteiger partial charge in [0.05, 0.1) is 0 Å². The maximum Gasteiger partial charge on any atom is 0.231 e. The number of nitrogens with one attached hydrogen (secondary N) is 1. The van der Waals surface area contributed by atoms with Gasteiger partial charge in [-0.1, -0.05) is 24.3 Å². The van der Waals surface area contributed by atoms with Crippen LogP contribution >= 0.6 is 0 Å². The number of anilines is 3. The fraction of sp³-hybridized carbons (Fsp3) is 0.400. The molecule has 6 heteroatoms. The highest BCUT2D eigenvalue weighted by atomic mass is 15.3. The van der Waals surface area contributed by atoms with Crippen LogP contribution < -0.4 is 16.0 Å². The van der Waals surface area contributed by atoms with Crippen molar-refractivity contribution in [2.24, 2.45) is 0 Å². The van der Waals surface area contributed by atoms with Gasteiger partial charge in [-0.2, -0.15) is 15.0 Å². The average Bonchev–Trinajstić information content (AvgIpc) is 3.00. The van der Waals surface area contributed by atoms with E-state index >= 15 is 0 Å². The first-order valence-corrected chi connectivity index (χ1v) is 7.27. The van der Waals surface area contributed by atoms with Gasteiger partial charge in [-0.05, 0) is 30.9 Å². The Morgan fingerprint density at radius 2 is 1.90 bits per heavy atom. The Bertz CT molecular complexity index is 621. The fourth-order valence-electron chi connectivity index (χ4n) is 2.50. The quantitative estimate of drug-likeness (QED) is 0.893. The number of nitrogens with zero attached hydrogens (tertiary/aromatic N) is 4. The SMILES string of the molecule is Cc1ccccc1CNc1nc(N)nc(N2CCCC2)n1. The van der Waals surface area contributed by atoms with E-state index in [4.69, 9.17) is 5.73 Å². The number of aryl methyl sites for hydroxylation is 1. The molecule has 6 nitrogen and oxygen atoms in total. The van der Waals surface area contributed by atoms with E-state index in [1.54, 1.807) is 0 Å².